The number of rotatable bonds is 2. The lowest BCUT2D eigenvalue weighted by atomic mass is 9.62. The van der Waals surface area contributed by atoms with Crippen LogP contribution in [0.2, 0.25) is 0 Å². The van der Waals surface area contributed by atoms with Crippen LogP contribution >= 0.6 is 0 Å². The van der Waals surface area contributed by atoms with Crippen molar-refractivity contribution >= 4 is 5.91 Å². The number of hydrogen-bond acceptors (Lipinski definition) is 1. The molecule has 1 N–H and O–H groups in total. The van der Waals surface area contributed by atoms with Crippen LogP contribution in [-0.4, -0.2) is 17.9 Å². The first-order valence-corrected chi connectivity index (χ1v) is 7.04. The van der Waals surface area contributed by atoms with Crippen molar-refractivity contribution in [1.82, 2.24) is 5.32 Å². The Bertz CT molecular complexity index is 360. The van der Waals surface area contributed by atoms with Gasteiger partial charge in [-0.3, -0.25) is 4.79 Å². The third kappa shape index (κ3) is 2.04. The maximum Gasteiger partial charge on any atom is 0.241 e. The Morgan fingerprint density at radius 2 is 1.83 bits per heavy atom. The summed E-state index contributed by atoms with van der Waals surface area (Å²) in [6.07, 6.45) is 3.23. The lowest BCUT2D eigenvalue weighted by Crippen LogP contribution is -2.55. The van der Waals surface area contributed by atoms with E-state index in [1.807, 2.05) is 0 Å². The van der Waals surface area contributed by atoms with E-state index in [2.05, 4.69) is 5.32 Å². The molecule has 0 heterocycles. The summed E-state index contributed by atoms with van der Waals surface area (Å²) < 4.78 is 26.4. The highest BCUT2D eigenvalue weighted by Gasteiger charge is 2.53. The Labute approximate surface area is 107 Å². The molecule has 0 spiro atoms. The van der Waals surface area contributed by atoms with Crippen molar-refractivity contribution in [3.63, 3.8) is 0 Å². The molecule has 0 aromatic rings. The predicted octanol–water partition coefficient (Wildman–Crippen LogP) is 2.97. The van der Waals surface area contributed by atoms with Gasteiger partial charge in [-0.2, -0.15) is 0 Å². The molecule has 4 fully saturated rings. The largest absolute Gasteiger partial charge is 0.351 e. The zero-order valence-electron chi connectivity index (χ0n) is 10.8. The first kappa shape index (κ1) is 12.4. The molecular weight excluding hydrogens is 236 g/mol. The average Bonchev–Trinajstić information content (AvgIpc) is 2.39. The molecule has 4 aliphatic rings. The van der Waals surface area contributed by atoms with Gasteiger partial charge in [0, 0.05) is 18.4 Å². The van der Waals surface area contributed by atoms with Gasteiger partial charge in [-0.15, -0.1) is 0 Å². The van der Waals surface area contributed by atoms with Crippen LogP contribution in [0.25, 0.3) is 0 Å². The number of amides is 1. The quantitative estimate of drug-likeness (QED) is 0.809. The lowest BCUT2D eigenvalue weighted by molar-refractivity contribution is -0.122. The Morgan fingerprint density at radius 1 is 1.17 bits per heavy atom. The number of halogens is 2. The molecule has 4 bridgehead atoms. The fourth-order valence-electron chi connectivity index (χ4n) is 5.10. The minimum absolute atomic E-state index is 0.00875. The molecule has 0 radical (unpaired) electrons. The highest BCUT2D eigenvalue weighted by molar-refractivity contribution is 5.73. The normalized spacial score (nSPS) is 46.2. The van der Waals surface area contributed by atoms with Gasteiger partial charge in [-0.1, -0.05) is 0 Å². The molecule has 0 aromatic heterocycles. The van der Waals surface area contributed by atoms with E-state index >= 15 is 0 Å². The predicted molar refractivity (Wildman–Crippen MR) is 64.2 cm³/mol. The highest BCUT2D eigenvalue weighted by Crippen LogP contribution is 2.56. The Hall–Kier alpha value is -0.670. The second-order valence-electron chi connectivity index (χ2n) is 6.77. The Morgan fingerprint density at radius 3 is 2.44 bits per heavy atom. The topological polar surface area (TPSA) is 29.1 Å². The Kier molecular flexibility index (Phi) is 2.87. The van der Waals surface area contributed by atoms with Gasteiger partial charge in [0.1, 0.15) is 0 Å². The zero-order chi connectivity index (χ0) is 12.9. The van der Waals surface area contributed by atoms with Crippen molar-refractivity contribution in [3.05, 3.63) is 0 Å². The zero-order valence-corrected chi connectivity index (χ0v) is 10.8. The third-order valence-electron chi connectivity index (χ3n) is 5.29. The van der Waals surface area contributed by atoms with Crippen LogP contribution in [0.5, 0.6) is 0 Å². The summed E-state index contributed by atoms with van der Waals surface area (Å²) in [4.78, 5) is 11.4. The molecule has 0 aromatic carbocycles. The van der Waals surface area contributed by atoms with E-state index in [0.29, 0.717) is 18.3 Å². The van der Waals surface area contributed by atoms with Crippen LogP contribution in [0.3, 0.4) is 0 Å². The van der Waals surface area contributed by atoms with Crippen molar-refractivity contribution in [2.24, 2.45) is 23.7 Å². The maximum atomic E-state index is 13.2. The molecule has 102 valence electrons. The fourth-order valence-corrected chi connectivity index (χ4v) is 5.10. The van der Waals surface area contributed by atoms with Gasteiger partial charge >= 0.3 is 0 Å². The molecular formula is C14H21F2NO. The molecule has 4 rings (SSSR count). The molecule has 0 saturated heterocycles. The van der Waals surface area contributed by atoms with Crippen LogP contribution in [-0.2, 0) is 4.79 Å². The van der Waals surface area contributed by atoms with Crippen molar-refractivity contribution in [2.75, 3.05) is 0 Å². The van der Waals surface area contributed by atoms with Crippen molar-refractivity contribution in [1.29, 1.82) is 0 Å². The summed E-state index contributed by atoms with van der Waals surface area (Å²) in [7, 11) is 0. The second-order valence-corrected chi connectivity index (χ2v) is 6.77. The molecule has 4 aliphatic carbocycles. The summed E-state index contributed by atoms with van der Waals surface area (Å²) >= 11 is 0. The van der Waals surface area contributed by atoms with Gasteiger partial charge in [-0.25, -0.2) is 8.78 Å². The minimum atomic E-state index is -2.19. The van der Waals surface area contributed by atoms with E-state index in [1.165, 1.54) is 0 Å². The maximum absolute atomic E-state index is 13.2. The lowest BCUT2D eigenvalue weighted by Gasteiger charge is -2.48. The van der Waals surface area contributed by atoms with Gasteiger partial charge < -0.3 is 5.32 Å². The van der Waals surface area contributed by atoms with E-state index in [1.54, 1.807) is 6.92 Å². The van der Waals surface area contributed by atoms with E-state index < -0.39 is 12.3 Å². The van der Waals surface area contributed by atoms with Gasteiger partial charge in [0.05, 0.1) is 0 Å². The van der Waals surface area contributed by atoms with Crippen molar-refractivity contribution in [2.45, 2.75) is 57.4 Å². The number of fused-ring (bicyclic) bond motifs is 1. The molecule has 5 atom stereocenters. The van der Waals surface area contributed by atoms with E-state index in [4.69, 9.17) is 0 Å². The van der Waals surface area contributed by atoms with Crippen LogP contribution in [0.15, 0.2) is 0 Å². The molecule has 5 unspecified atom stereocenters. The standard InChI is InChI=1S/C14H21F2NO/c1-8(18)17-14-5-9-2-10(6-14)4-12(13(15)16)11(3-9)7-14/h9-13H,2-7H2,1H3,(H,17,18). The number of alkyl halides is 2. The average molecular weight is 257 g/mol. The highest BCUT2D eigenvalue weighted by atomic mass is 19.3. The van der Waals surface area contributed by atoms with Gasteiger partial charge in [0.25, 0.3) is 0 Å². The molecule has 18 heavy (non-hydrogen) atoms. The first-order valence-electron chi connectivity index (χ1n) is 7.04. The summed E-state index contributed by atoms with van der Waals surface area (Å²) in [6.45, 7) is 1.54. The first-order chi connectivity index (χ1) is 8.47. The third-order valence-corrected chi connectivity index (χ3v) is 5.29. The molecule has 4 heteroatoms. The van der Waals surface area contributed by atoms with E-state index in [9.17, 15) is 13.6 Å². The molecule has 0 aliphatic heterocycles. The smallest absolute Gasteiger partial charge is 0.241 e. The van der Waals surface area contributed by atoms with E-state index in [0.717, 1.165) is 32.1 Å². The van der Waals surface area contributed by atoms with E-state index in [-0.39, 0.29) is 17.4 Å². The number of carbonyl (C=O) groups excluding carboxylic acids is 1. The van der Waals surface area contributed by atoms with Crippen LogP contribution in [0.1, 0.15) is 45.4 Å². The van der Waals surface area contributed by atoms with Crippen LogP contribution in [0.4, 0.5) is 8.78 Å². The summed E-state index contributed by atoms with van der Waals surface area (Å²) in [5.41, 5.74) is -0.161. The minimum Gasteiger partial charge on any atom is -0.351 e. The SMILES string of the molecule is CC(=O)NC12CC3CC(CC(C(F)F)C(C3)C1)C2. The number of nitrogens with one attached hydrogen (secondary N) is 1. The summed E-state index contributed by atoms with van der Waals surface area (Å²) in [5.74, 6) is 0.616. The van der Waals surface area contributed by atoms with Crippen LogP contribution < -0.4 is 5.32 Å². The fraction of sp³-hybridized carbons (Fsp3) is 0.929. The van der Waals surface area contributed by atoms with Crippen molar-refractivity contribution < 1.29 is 13.6 Å². The van der Waals surface area contributed by atoms with Crippen molar-refractivity contribution in [3.8, 4) is 0 Å². The van der Waals surface area contributed by atoms with Gasteiger partial charge in [0.2, 0.25) is 12.3 Å². The number of hydrogen-bond donors (Lipinski definition) is 1. The molecule has 1 amide bonds. The molecule has 4 saturated carbocycles. The number of carbonyl (C=O) groups is 1. The summed E-state index contributed by atoms with van der Waals surface area (Å²) in [5, 5.41) is 3.10. The van der Waals surface area contributed by atoms with Crippen LogP contribution in [0, 0.1) is 23.7 Å². The van der Waals surface area contributed by atoms with Gasteiger partial charge in [0.15, 0.2) is 0 Å². The monoisotopic (exact) mass is 257 g/mol. The molecule has 2 nitrogen and oxygen atoms in total. The Balaban J connectivity index is 1.88. The van der Waals surface area contributed by atoms with Gasteiger partial charge in [-0.05, 0) is 56.3 Å². The second kappa shape index (κ2) is 4.17. The summed E-state index contributed by atoms with van der Waals surface area (Å²) in [6, 6.07) is 0.